The quantitative estimate of drug-likeness (QED) is 0.846. The number of nitrogens with two attached hydrogens (primary N) is 1. The second-order valence-corrected chi connectivity index (χ2v) is 5.24. The molecule has 1 heterocycles. The number of hydrogen-bond donors (Lipinski definition) is 1. The molecule has 5 heteroatoms. The summed E-state index contributed by atoms with van der Waals surface area (Å²) < 4.78 is 1.75. The number of hydrogen-bond acceptors (Lipinski definition) is 4. The maximum absolute atomic E-state index is 9.16. The predicted octanol–water partition coefficient (Wildman–Crippen LogP) is 1.02. The summed E-state index contributed by atoms with van der Waals surface area (Å²) in [6.45, 7) is 7.47. The fourth-order valence-electron chi connectivity index (χ4n) is 2.00. The fraction of sp³-hybridized carbons (Fsp3) is 0.667. The summed E-state index contributed by atoms with van der Waals surface area (Å²) in [7, 11) is 3.82. The minimum Gasteiger partial charge on any atom is -0.358 e. The Hall–Kier alpha value is -1.54. The molecule has 0 fully saturated rings. The normalized spacial score (nSPS) is 11.4. The maximum Gasteiger partial charge on any atom is 0.144 e. The van der Waals surface area contributed by atoms with Crippen molar-refractivity contribution in [1.29, 1.82) is 5.26 Å². The van der Waals surface area contributed by atoms with Gasteiger partial charge in [-0.05, 0) is 18.9 Å². The van der Waals surface area contributed by atoms with Gasteiger partial charge in [-0.1, -0.05) is 13.8 Å². The molecule has 0 amide bonds. The van der Waals surface area contributed by atoms with Crippen LogP contribution < -0.4 is 10.6 Å². The first kappa shape index (κ1) is 13.5. The lowest BCUT2D eigenvalue weighted by Crippen LogP contribution is -2.37. The highest BCUT2D eigenvalue weighted by Gasteiger charge is 2.23. The van der Waals surface area contributed by atoms with Crippen LogP contribution in [0.5, 0.6) is 0 Å². The fourth-order valence-corrected chi connectivity index (χ4v) is 2.00. The number of aryl methyl sites for hydroxylation is 2. The van der Waals surface area contributed by atoms with E-state index in [0.29, 0.717) is 12.1 Å². The van der Waals surface area contributed by atoms with Crippen LogP contribution in [0.2, 0.25) is 0 Å². The van der Waals surface area contributed by atoms with Gasteiger partial charge in [0.2, 0.25) is 0 Å². The molecule has 0 radical (unpaired) electrons. The highest BCUT2D eigenvalue weighted by Crippen LogP contribution is 2.24. The van der Waals surface area contributed by atoms with Crippen molar-refractivity contribution >= 4 is 5.82 Å². The molecule has 94 valence electrons. The van der Waals surface area contributed by atoms with Crippen LogP contribution in [0.25, 0.3) is 0 Å². The van der Waals surface area contributed by atoms with Crippen molar-refractivity contribution in [2.75, 3.05) is 25.0 Å². The molecular weight excluding hydrogens is 214 g/mol. The molecule has 17 heavy (non-hydrogen) atoms. The summed E-state index contributed by atoms with van der Waals surface area (Å²) in [6.07, 6.45) is 0. The molecule has 0 aliphatic rings. The van der Waals surface area contributed by atoms with Gasteiger partial charge in [-0.2, -0.15) is 10.4 Å². The van der Waals surface area contributed by atoms with Gasteiger partial charge in [0.15, 0.2) is 0 Å². The van der Waals surface area contributed by atoms with Crippen molar-refractivity contribution in [2.45, 2.75) is 20.8 Å². The SMILES string of the molecule is Cc1nn(C)c(N(C)CC(C)(C)CN)c1C#N. The number of nitrogens with zero attached hydrogens (tertiary/aromatic N) is 4. The van der Waals surface area contributed by atoms with Crippen molar-refractivity contribution in [3.8, 4) is 6.07 Å². The third-order valence-corrected chi connectivity index (χ3v) is 2.88. The van der Waals surface area contributed by atoms with E-state index in [-0.39, 0.29) is 5.41 Å². The van der Waals surface area contributed by atoms with Crippen LogP contribution in [-0.4, -0.2) is 29.9 Å². The Bertz CT molecular complexity index is 438. The smallest absolute Gasteiger partial charge is 0.144 e. The summed E-state index contributed by atoms with van der Waals surface area (Å²) in [5.74, 6) is 0.853. The zero-order valence-corrected chi connectivity index (χ0v) is 11.3. The monoisotopic (exact) mass is 235 g/mol. The molecule has 0 bridgehead atoms. The zero-order valence-electron chi connectivity index (χ0n) is 11.3. The van der Waals surface area contributed by atoms with Gasteiger partial charge >= 0.3 is 0 Å². The molecule has 0 saturated carbocycles. The molecule has 5 nitrogen and oxygen atoms in total. The average Bonchev–Trinajstić information content (AvgIpc) is 2.52. The van der Waals surface area contributed by atoms with Crippen LogP contribution in [0.3, 0.4) is 0 Å². The van der Waals surface area contributed by atoms with Crippen molar-refractivity contribution in [1.82, 2.24) is 9.78 Å². The summed E-state index contributed by atoms with van der Waals surface area (Å²) in [6, 6.07) is 2.21. The number of anilines is 1. The van der Waals surface area contributed by atoms with Gasteiger partial charge in [-0.25, -0.2) is 0 Å². The van der Waals surface area contributed by atoms with Crippen LogP contribution in [0, 0.1) is 23.7 Å². The molecule has 0 aliphatic heterocycles. The number of aromatic nitrogens is 2. The zero-order chi connectivity index (χ0) is 13.2. The van der Waals surface area contributed by atoms with E-state index < -0.39 is 0 Å². The maximum atomic E-state index is 9.16. The third-order valence-electron chi connectivity index (χ3n) is 2.88. The van der Waals surface area contributed by atoms with Gasteiger partial charge in [0.1, 0.15) is 17.5 Å². The minimum absolute atomic E-state index is 0.0135. The average molecular weight is 235 g/mol. The van der Waals surface area contributed by atoms with Crippen LogP contribution in [0.1, 0.15) is 25.1 Å². The van der Waals surface area contributed by atoms with Gasteiger partial charge in [0.25, 0.3) is 0 Å². The molecular formula is C12H21N5. The van der Waals surface area contributed by atoms with Gasteiger partial charge in [0, 0.05) is 20.6 Å². The summed E-state index contributed by atoms with van der Waals surface area (Å²) >= 11 is 0. The Labute approximate surface area is 103 Å². The van der Waals surface area contributed by atoms with E-state index in [0.717, 1.165) is 18.1 Å². The lowest BCUT2D eigenvalue weighted by molar-refractivity contribution is 0.382. The summed E-state index contributed by atoms with van der Waals surface area (Å²) in [5, 5.41) is 13.4. The first-order valence-corrected chi connectivity index (χ1v) is 5.67. The molecule has 0 aromatic carbocycles. The lowest BCUT2D eigenvalue weighted by Gasteiger charge is -2.30. The minimum atomic E-state index is 0.0135. The highest BCUT2D eigenvalue weighted by molar-refractivity contribution is 5.56. The molecule has 1 aromatic heterocycles. The van der Waals surface area contributed by atoms with E-state index in [1.807, 2.05) is 25.9 Å². The Kier molecular flexibility index (Phi) is 3.79. The molecule has 0 atom stereocenters. The molecule has 0 unspecified atom stereocenters. The highest BCUT2D eigenvalue weighted by atomic mass is 15.4. The van der Waals surface area contributed by atoms with E-state index in [1.54, 1.807) is 4.68 Å². The van der Waals surface area contributed by atoms with Gasteiger partial charge < -0.3 is 10.6 Å². The number of rotatable bonds is 4. The summed E-state index contributed by atoms with van der Waals surface area (Å²) in [5.41, 5.74) is 7.15. The van der Waals surface area contributed by atoms with E-state index in [4.69, 9.17) is 11.0 Å². The van der Waals surface area contributed by atoms with Gasteiger partial charge in [-0.15, -0.1) is 0 Å². The van der Waals surface area contributed by atoms with Crippen molar-refractivity contribution in [2.24, 2.45) is 18.2 Å². The topological polar surface area (TPSA) is 70.9 Å². The van der Waals surface area contributed by atoms with Crippen molar-refractivity contribution in [3.63, 3.8) is 0 Å². The predicted molar refractivity (Wildman–Crippen MR) is 68.8 cm³/mol. The molecule has 2 N–H and O–H groups in total. The van der Waals surface area contributed by atoms with Crippen LogP contribution in [0.4, 0.5) is 5.82 Å². The van der Waals surface area contributed by atoms with E-state index in [9.17, 15) is 0 Å². The second kappa shape index (κ2) is 4.76. The molecule has 0 aliphatic carbocycles. The Morgan fingerprint density at radius 1 is 1.53 bits per heavy atom. The second-order valence-electron chi connectivity index (χ2n) is 5.24. The molecule has 0 spiro atoms. The first-order chi connectivity index (χ1) is 7.82. The van der Waals surface area contributed by atoms with E-state index in [2.05, 4.69) is 25.0 Å². The summed E-state index contributed by atoms with van der Waals surface area (Å²) in [4.78, 5) is 2.05. The van der Waals surface area contributed by atoms with Crippen LogP contribution >= 0.6 is 0 Å². The first-order valence-electron chi connectivity index (χ1n) is 5.67. The van der Waals surface area contributed by atoms with Crippen LogP contribution in [0.15, 0.2) is 0 Å². The van der Waals surface area contributed by atoms with Crippen LogP contribution in [-0.2, 0) is 7.05 Å². The number of nitriles is 1. The molecule has 1 aromatic rings. The van der Waals surface area contributed by atoms with E-state index in [1.165, 1.54) is 0 Å². The van der Waals surface area contributed by atoms with Gasteiger partial charge in [0.05, 0.1) is 5.69 Å². The Morgan fingerprint density at radius 2 is 2.12 bits per heavy atom. The standard InChI is InChI=1S/C12H21N5/c1-9-10(6-13)11(17(5)15-9)16(4)8-12(2,3)7-14/h7-8,14H2,1-5H3. The lowest BCUT2D eigenvalue weighted by atomic mass is 9.93. The van der Waals surface area contributed by atoms with Crippen molar-refractivity contribution in [3.05, 3.63) is 11.3 Å². The molecule has 1 rings (SSSR count). The largest absolute Gasteiger partial charge is 0.358 e. The Morgan fingerprint density at radius 3 is 2.59 bits per heavy atom. The van der Waals surface area contributed by atoms with E-state index >= 15 is 0 Å². The third kappa shape index (κ3) is 2.77. The van der Waals surface area contributed by atoms with Gasteiger partial charge in [-0.3, -0.25) is 4.68 Å². The van der Waals surface area contributed by atoms with Crippen molar-refractivity contribution < 1.29 is 0 Å². The molecule has 0 saturated heterocycles. The Balaban J connectivity index is 3.05.